The van der Waals surface area contributed by atoms with E-state index in [0.717, 1.165) is 25.2 Å². The maximum Gasteiger partial charge on any atom is 0.236 e. The van der Waals surface area contributed by atoms with E-state index in [1.807, 2.05) is 12.1 Å². The van der Waals surface area contributed by atoms with Gasteiger partial charge in [0.25, 0.3) is 0 Å². The minimum absolute atomic E-state index is 0.0149. The highest BCUT2D eigenvalue weighted by Crippen LogP contribution is 2.12. The molecule has 1 aromatic rings. The molecule has 1 fully saturated rings. The predicted octanol–water partition coefficient (Wildman–Crippen LogP) is 2.86. The molecule has 6 heteroatoms. The summed E-state index contributed by atoms with van der Waals surface area (Å²) in [5, 5.41) is 11.4. The third kappa shape index (κ3) is 5.80. The normalized spacial score (nSPS) is 16.7. The molecule has 0 saturated carbocycles. The molecule has 1 aliphatic rings. The number of hydrogen-bond donors (Lipinski definition) is 1. The van der Waals surface area contributed by atoms with Gasteiger partial charge in [-0.15, -0.1) is 5.10 Å². The number of rotatable bonds is 8. The Balaban J connectivity index is 2.03. The van der Waals surface area contributed by atoms with Gasteiger partial charge in [0.05, 0.1) is 12.0 Å². The van der Waals surface area contributed by atoms with Gasteiger partial charge >= 0.3 is 0 Å². The number of amides is 1. The summed E-state index contributed by atoms with van der Waals surface area (Å²) in [6.45, 7) is 7.48. The first kappa shape index (κ1) is 17.7. The molecule has 0 aromatic heterocycles. The molecule has 0 atom stereocenters. The van der Waals surface area contributed by atoms with Crippen LogP contribution in [0.2, 0.25) is 0 Å². The van der Waals surface area contributed by atoms with E-state index >= 15 is 0 Å². The summed E-state index contributed by atoms with van der Waals surface area (Å²) in [7, 11) is 0. The topological polar surface area (TPSA) is 57.1 Å². The van der Waals surface area contributed by atoms with Crippen LogP contribution in [0.15, 0.2) is 34.5 Å². The van der Waals surface area contributed by atoms with Crippen LogP contribution in [0.5, 0.6) is 0 Å². The van der Waals surface area contributed by atoms with Crippen LogP contribution in [-0.4, -0.2) is 41.0 Å². The molecular formula is C17H24N4OS. The van der Waals surface area contributed by atoms with Crippen molar-refractivity contribution in [3.8, 4) is 0 Å². The lowest BCUT2D eigenvalue weighted by molar-refractivity contribution is -0.116. The van der Waals surface area contributed by atoms with E-state index < -0.39 is 0 Å². The number of nitrogens with zero attached hydrogens (tertiary/aromatic N) is 3. The first-order valence-corrected chi connectivity index (χ1v) is 9.05. The summed E-state index contributed by atoms with van der Waals surface area (Å²) in [5.41, 5.74) is 2.32. The van der Waals surface area contributed by atoms with E-state index in [1.54, 1.807) is 6.21 Å². The van der Waals surface area contributed by atoms with Crippen molar-refractivity contribution >= 4 is 29.1 Å². The fraction of sp³-hybridized carbons (Fsp3) is 0.471. The quantitative estimate of drug-likeness (QED) is 0.588. The summed E-state index contributed by atoms with van der Waals surface area (Å²) in [6.07, 6.45) is 4.19. The number of hydrogen-bond acceptors (Lipinski definition) is 5. The lowest BCUT2D eigenvalue weighted by Gasteiger charge is -2.21. The van der Waals surface area contributed by atoms with E-state index in [4.69, 9.17) is 0 Å². The Morgan fingerprint density at radius 1 is 1.35 bits per heavy atom. The highest BCUT2D eigenvalue weighted by atomic mass is 32.2. The second kappa shape index (κ2) is 9.47. The molecule has 23 heavy (non-hydrogen) atoms. The number of carbonyl (C=O) groups excluding carboxylic acids is 1. The van der Waals surface area contributed by atoms with Crippen molar-refractivity contribution < 1.29 is 4.79 Å². The molecular weight excluding hydrogens is 308 g/mol. The Labute approximate surface area is 142 Å². The Bertz CT molecular complexity index is 586. The van der Waals surface area contributed by atoms with Crippen molar-refractivity contribution in [2.75, 3.05) is 18.8 Å². The first-order valence-electron chi connectivity index (χ1n) is 8.06. The molecule has 0 bridgehead atoms. The molecule has 124 valence electrons. The van der Waals surface area contributed by atoms with Gasteiger partial charge in [0.2, 0.25) is 5.91 Å². The fourth-order valence-electron chi connectivity index (χ4n) is 2.30. The molecule has 0 radical (unpaired) electrons. The Morgan fingerprint density at radius 3 is 2.87 bits per heavy atom. The maximum absolute atomic E-state index is 11.1. The zero-order valence-corrected chi connectivity index (χ0v) is 14.6. The molecule has 1 aromatic carbocycles. The predicted molar refractivity (Wildman–Crippen MR) is 97.9 cm³/mol. The third-order valence-corrected chi connectivity index (χ3v) is 4.52. The molecule has 0 unspecified atom stereocenters. The van der Waals surface area contributed by atoms with Gasteiger partial charge < -0.3 is 5.32 Å². The second-order valence-corrected chi connectivity index (χ2v) is 6.37. The first-order chi connectivity index (χ1) is 11.2. The molecule has 2 rings (SSSR count). The van der Waals surface area contributed by atoms with Gasteiger partial charge in [-0.05, 0) is 30.6 Å². The van der Waals surface area contributed by atoms with Gasteiger partial charge in [-0.3, -0.25) is 9.69 Å². The van der Waals surface area contributed by atoms with Crippen molar-refractivity contribution in [3.63, 3.8) is 0 Å². The Kier molecular flexibility index (Phi) is 7.29. The second-order valence-electron chi connectivity index (χ2n) is 5.41. The molecule has 1 amide bonds. The van der Waals surface area contributed by atoms with Gasteiger partial charge in [0.1, 0.15) is 0 Å². The summed E-state index contributed by atoms with van der Waals surface area (Å²) in [5.74, 6) is 0.409. The zero-order valence-electron chi connectivity index (χ0n) is 13.8. The minimum atomic E-state index is -0.0149. The summed E-state index contributed by atoms with van der Waals surface area (Å²) >= 11 is 1.38. The van der Waals surface area contributed by atoms with Crippen LogP contribution in [0.3, 0.4) is 0 Å². The van der Waals surface area contributed by atoms with Crippen molar-refractivity contribution in [3.05, 3.63) is 35.4 Å². The lowest BCUT2D eigenvalue weighted by Crippen LogP contribution is -2.24. The number of carbonyl (C=O) groups is 1. The van der Waals surface area contributed by atoms with Crippen molar-refractivity contribution in [2.24, 2.45) is 10.2 Å². The standard InChI is InChI=1S/C17H24N4OS/c1-3-5-10-21(4-2)12-15-9-7-6-8-14(15)11-18-20-17-19-16(22)13-23-17/h6-9,11H,3-5,10,12-13H2,1-2H3,(H,19,20,22). The minimum Gasteiger partial charge on any atom is -0.303 e. The van der Waals surface area contributed by atoms with E-state index in [0.29, 0.717) is 10.9 Å². The summed E-state index contributed by atoms with van der Waals surface area (Å²) < 4.78 is 0. The van der Waals surface area contributed by atoms with Crippen LogP contribution in [0.25, 0.3) is 0 Å². The van der Waals surface area contributed by atoms with Crippen LogP contribution in [0.1, 0.15) is 37.8 Å². The number of unbranched alkanes of at least 4 members (excludes halogenated alkanes) is 1. The summed E-state index contributed by atoms with van der Waals surface area (Å²) in [4.78, 5) is 13.6. The number of benzene rings is 1. The van der Waals surface area contributed by atoms with E-state index in [-0.39, 0.29) is 5.91 Å². The van der Waals surface area contributed by atoms with Crippen LogP contribution >= 0.6 is 11.8 Å². The van der Waals surface area contributed by atoms with Gasteiger partial charge in [-0.1, -0.05) is 56.3 Å². The molecule has 5 nitrogen and oxygen atoms in total. The van der Waals surface area contributed by atoms with Crippen molar-refractivity contribution in [1.82, 2.24) is 10.2 Å². The number of amidine groups is 1. The highest BCUT2D eigenvalue weighted by Gasteiger charge is 2.16. The van der Waals surface area contributed by atoms with E-state index in [1.165, 1.54) is 30.2 Å². The summed E-state index contributed by atoms with van der Waals surface area (Å²) in [6, 6.07) is 8.24. The SMILES string of the molecule is CCCCN(CC)Cc1ccccc1C=NN=C1NC(=O)CS1. The number of thioether (sulfide) groups is 1. The van der Waals surface area contributed by atoms with E-state index in [2.05, 4.69) is 46.4 Å². The average Bonchev–Trinajstić information content (AvgIpc) is 2.98. The molecule has 1 heterocycles. The zero-order chi connectivity index (χ0) is 16.5. The average molecular weight is 332 g/mol. The molecule has 0 aliphatic carbocycles. The third-order valence-electron chi connectivity index (χ3n) is 3.66. The maximum atomic E-state index is 11.1. The molecule has 1 N–H and O–H groups in total. The fourth-order valence-corrected chi connectivity index (χ4v) is 2.93. The van der Waals surface area contributed by atoms with E-state index in [9.17, 15) is 4.79 Å². The molecule has 1 aliphatic heterocycles. The largest absolute Gasteiger partial charge is 0.303 e. The van der Waals surface area contributed by atoms with Crippen molar-refractivity contribution in [2.45, 2.75) is 33.2 Å². The van der Waals surface area contributed by atoms with Crippen LogP contribution in [0, 0.1) is 0 Å². The van der Waals surface area contributed by atoms with Gasteiger partial charge in [0, 0.05) is 6.54 Å². The van der Waals surface area contributed by atoms with Gasteiger partial charge in [-0.25, -0.2) is 0 Å². The van der Waals surface area contributed by atoms with Gasteiger partial charge in [-0.2, -0.15) is 5.10 Å². The van der Waals surface area contributed by atoms with Gasteiger partial charge in [0.15, 0.2) is 5.17 Å². The van der Waals surface area contributed by atoms with Crippen LogP contribution < -0.4 is 5.32 Å². The monoisotopic (exact) mass is 332 g/mol. The number of nitrogens with one attached hydrogen (secondary N) is 1. The Morgan fingerprint density at radius 2 is 2.17 bits per heavy atom. The molecule has 0 spiro atoms. The molecule has 1 saturated heterocycles. The van der Waals surface area contributed by atoms with Crippen molar-refractivity contribution in [1.29, 1.82) is 0 Å². The smallest absolute Gasteiger partial charge is 0.236 e. The Hall–Kier alpha value is -1.66. The lowest BCUT2D eigenvalue weighted by atomic mass is 10.1. The van der Waals surface area contributed by atoms with Crippen LogP contribution in [-0.2, 0) is 11.3 Å². The highest BCUT2D eigenvalue weighted by molar-refractivity contribution is 8.15. The van der Waals surface area contributed by atoms with Crippen LogP contribution in [0.4, 0.5) is 0 Å².